The first-order valence-electron chi connectivity index (χ1n) is 6.13. The average Bonchev–Trinajstić information content (AvgIpc) is 2.30. The van der Waals surface area contributed by atoms with E-state index in [9.17, 15) is 5.11 Å². The molecular weight excluding hydrogens is 232 g/mol. The van der Waals surface area contributed by atoms with Crippen LogP contribution in [0.25, 0.3) is 0 Å². The van der Waals surface area contributed by atoms with E-state index in [0.29, 0.717) is 6.10 Å². The van der Waals surface area contributed by atoms with Crippen molar-refractivity contribution >= 4 is 11.8 Å². The molecule has 1 aromatic rings. The summed E-state index contributed by atoms with van der Waals surface area (Å²) in [7, 11) is 0. The van der Waals surface area contributed by atoms with E-state index in [-0.39, 0.29) is 0 Å². The molecule has 0 bridgehead atoms. The van der Waals surface area contributed by atoms with E-state index in [0.717, 1.165) is 23.5 Å². The number of hydrogen-bond acceptors (Lipinski definition) is 3. The van der Waals surface area contributed by atoms with E-state index < -0.39 is 5.60 Å². The van der Waals surface area contributed by atoms with Gasteiger partial charge in [0.1, 0.15) is 11.9 Å². The van der Waals surface area contributed by atoms with Gasteiger partial charge < -0.3 is 9.84 Å². The second kappa shape index (κ2) is 5.32. The van der Waals surface area contributed by atoms with Crippen LogP contribution in [0.15, 0.2) is 24.3 Å². The lowest BCUT2D eigenvalue weighted by atomic mass is 9.99. The quantitative estimate of drug-likeness (QED) is 0.896. The molecule has 0 radical (unpaired) electrons. The van der Waals surface area contributed by atoms with Crippen molar-refractivity contribution in [1.29, 1.82) is 0 Å². The molecule has 1 N–H and O–H groups in total. The smallest absolute Gasteiger partial charge is 0.119 e. The van der Waals surface area contributed by atoms with E-state index in [1.165, 1.54) is 12.2 Å². The third-order valence-electron chi connectivity index (χ3n) is 2.98. The molecule has 1 aromatic carbocycles. The molecule has 3 heteroatoms. The first kappa shape index (κ1) is 12.8. The zero-order chi connectivity index (χ0) is 12.3. The fourth-order valence-electron chi connectivity index (χ4n) is 1.94. The summed E-state index contributed by atoms with van der Waals surface area (Å²) in [6, 6.07) is 7.77. The minimum atomic E-state index is -0.779. The SMILES string of the molecule is CC(C)(O)c1ccc(OC2CCCSC2)cc1. The van der Waals surface area contributed by atoms with Gasteiger partial charge in [-0.05, 0) is 50.1 Å². The van der Waals surface area contributed by atoms with E-state index in [1.807, 2.05) is 36.0 Å². The second-order valence-electron chi connectivity index (χ2n) is 5.04. The highest BCUT2D eigenvalue weighted by molar-refractivity contribution is 7.99. The third-order valence-corrected chi connectivity index (χ3v) is 4.17. The van der Waals surface area contributed by atoms with E-state index in [4.69, 9.17) is 4.74 Å². The van der Waals surface area contributed by atoms with Gasteiger partial charge in [-0.15, -0.1) is 0 Å². The standard InChI is InChI=1S/C14H20O2S/c1-14(2,15)11-5-7-12(8-6-11)16-13-4-3-9-17-10-13/h5-8,13,15H,3-4,9-10H2,1-2H3. The zero-order valence-corrected chi connectivity index (χ0v) is 11.3. The summed E-state index contributed by atoms with van der Waals surface area (Å²) in [4.78, 5) is 0. The first-order valence-corrected chi connectivity index (χ1v) is 7.28. The largest absolute Gasteiger partial charge is 0.490 e. The molecule has 1 atom stereocenters. The Morgan fingerprint density at radius 2 is 2.00 bits per heavy atom. The lowest BCUT2D eigenvalue weighted by molar-refractivity contribution is 0.0785. The zero-order valence-electron chi connectivity index (χ0n) is 10.5. The number of ether oxygens (including phenoxy) is 1. The van der Waals surface area contributed by atoms with Crippen LogP contribution in [0.4, 0.5) is 0 Å². The Balaban J connectivity index is 1.98. The van der Waals surface area contributed by atoms with Crippen molar-refractivity contribution in [2.75, 3.05) is 11.5 Å². The Bertz CT molecular complexity index is 347. The van der Waals surface area contributed by atoms with Crippen LogP contribution in [0.5, 0.6) is 5.75 Å². The maximum atomic E-state index is 9.86. The van der Waals surface area contributed by atoms with E-state index in [1.54, 1.807) is 13.8 Å². The molecule has 1 unspecified atom stereocenters. The van der Waals surface area contributed by atoms with Crippen molar-refractivity contribution in [2.24, 2.45) is 0 Å². The highest BCUT2D eigenvalue weighted by Gasteiger charge is 2.17. The van der Waals surface area contributed by atoms with Crippen molar-refractivity contribution in [3.8, 4) is 5.75 Å². The summed E-state index contributed by atoms with van der Waals surface area (Å²) in [5.74, 6) is 3.26. The van der Waals surface area contributed by atoms with E-state index >= 15 is 0 Å². The number of aliphatic hydroxyl groups is 1. The summed E-state index contributed by atoms with van der Waals surface area (Å²) >= 11 is 1.96. The summed E-state index contributed by atoms with van der Waals surface area (Å²) in [6.07, 6.45) is 2.75. The molecule has 1 aliphatic heterocycles. The summed E-state index contributed by atoms with van der Waals surface area (Å²) < 4.78 is 5.92. The van der Waals surface area contributed by atoms with Crippen LogP contribution in [0.2, 0.25) is 0 Å². The Kier molecular flexibility index (Phi) is 4.00. The highest BCUT2D eigenvalue weighted by atomic mass is 32.2. The molecule has 2 nitrogen and oxygen atoms in total. The Morgan fingerprint density at radius 1 is 1.29 bits per heavy atom. The lowest BCUT2D eigenvalue weighted by Gasteiger charge is -2.23. The molecule has 17 heavy (non-hydrogen) atoms. The number of benzene rings is 1. The maximum Gasteiger partial charge on any atom is 0.119 e. The van der Waals surface area contributed by atoms with Gasteiger partial charge in [0.2, 0.25) is 0 Å². The highest BCUT2D eigenvalue weighted by Crippen LogP contribution is 2.25. The molecule has 0 spiro atoms. The Labute approximate surface area is 107 Å². The van der Waals surface area contributed by atoms with Gasteiger partial charge in [0.05, 0.1) is 5.60 Å². The van der Waals surface area contributed by atoms with Gasteiger partial charge in [-0.25, -0.2) is 0 Å². The van der Waals surface area contributed by atoms with Crippen LogP contribution < -0.4 is 4.74 Å². The number of rotatable bonds is 3. The topological polar surface area (TPSA) is 29.5 Å². The van der Waals surface area contributed by atoms with Gasteiger partial charge in [0.25, 0.3) is 0 Å². The molecule has 0 aliphatic carbocycles. The van der Waals surface area contributed by atoms with Crippen molar-refractivity contribution in [1.82, 2.24) is 0 Å². The normalized spacial score (nSPS) is 21.2. The second-order valence-corrected chi connectivity index (χ2v) is 6.19. The number of thioether (sulfide) groups is 1. The van der Waals surface area contributed by atoms with Gasteiger partial charge in [-0.3, -0.25) is 0 Å². The van der Waals surface area contributed by atoms with Crippen molar-refractivity contribution in [3.63, 3.8) is 0 Å². The summed E-state index contributed by atoms with van der Waals surface area (Å²) in [6.45, 7) is 3.58. The minimum absolute atomic E-state index is 0.349. The summed E-state index contributed by atoms with van der Waals surface area (Å²) in [5, 5.41) is 9.86. The third kappa shape index (κ3) is 3.65. The average molecular weight is 252 g/mol. The minimum Gasteiger partial charge on any atom is -0.490 e. The van der Waals surface area contributed by atoms with Crippen molar-refractivity contribution < 1.29 is 9.84 Å². The molecule has 1 fully saturated rings. The van der Waals surface area contributed by atoms with E-state index in [2.05, 4.69) is 0 Å². The molecular formula is C14H20O2S. The van der Waals surface area contributed by atoms with Crippen LogP contribution in [-0.4, -0.2) is 22.7 Å². The molecule has 0 saturated carbocycles. The monoisotopic (exact) mass is 252 g/mol. The van der Waals surface area contributed by atoms with Crippen molar-refractivity contribution in [2.45, 2.75) is 38.4 Å². The Hall–Kier alpha value is -0.670. The van der Waals surface area contributed by atoms with Gasteiger partial charge in [0, 0.05) is 5.75 Å². The first-order chi connectivity index (χ1) is 8.05. The van der Waals surface area contributed by atoms with Gasteiger partial charge in [-0.1, -0.05) is 12.1 Å². The lowest BCUT2D eigenvalue weighted by Crippen LogP contribution is -2.23. The van der Waals surface area contributed by atoms with Crippen LogP contribution in [-0.2, 0) is 5.60 Å². The predicted molar refractivity (Wildman–Crippen MR) is 72.7 cm³/mol. The molecule has 1 heterocycles. The van der Waals surface area contributed by atoms with Crippen LogP contribution >= 0.6 is 11.8 Å². The fraction of sp³-hybridized carbons (Fsp3) is 0.571. The predicted octanol–water partition coefficient (Wildman–Crippen LogP) is 3.19. The van der Waals surface area contributed by atoms with Crippen molar-refractivity contribution in [3.05, 3.63) is 29.8 Å². The van der Waals surface area contributed by atoms with Gasteiger partial charge >= 0.3 is 0 Å². The maximum absolute atomic E-state index is 9.86. The van der Waals surface area contributed by atoms with Crippen LogP contribution in [0.3, 0.4) is 0 Å². The number of hydrogen-bond donors (Lipinski definition) is 1. The molecule has 0 amide bonds. The van der Waals surface area contributed by atoms with Gasteiger partial charge in [0.15, 0.2) is 0 Å². The van der Waals surface area contributed by atoms with Crippen LogP contribution in [0.1, 0.15) is 32.3 Å². The van der Waals surface area contributed by atoms with Gasteiger partial charge in [-0.2, -0.15) is 11.8 Å². The molecule has 94 valence electrons. The molecule has 1 saturated heterocycles. The Morgan fingerprint density at radius 3 is 2.53 bits per heavy atom. The summed E-state index contributed by atoms with van der Waals surface area (Å²) in [5.41, 5.74) is 0.141. The molecule has 0 aromatic heterocycles. The molecule has 1 aliphatic rings. The fourth-order valence-corrected chi connectivity index (χ4v) is 2.97. The molecule has 2 rings (SSSR count). The van der Waals surface area contributed by atoms with Crippen LogP contribution in [0, 0.1) is 0 Å².